The number of rotatable bonds is 0. The predicted octanol–water partition coefficient (Wildman–Crippen LogP) is 6.53. The lowest BCUT2D eigenvalue weighted by Gasteiger charge is -2.70. The third-order valence-electron chi connectivity index (χ3n) is 12.4. The molecule has 0 heterocycles. The van der Waals surface area contributed by atoms with Gasteiger partial charge in [0.2, 0.25) is 0 Å². The third-order valence-corrected chi connectivity index (χ3v) is 12.4. The first-order chi connectivity index (χ1) is 15.0. The largest absolute Gasteiger partial charge is 0.393 e. The van der Waals surface area contributed by atoms with Crippen LogP contribution in [-0.2, 0) is 9.59 Å². The molecule has 0 aromatic carbocycles. The van der Waals surface area contributed by atoms with Gasteiger partial charge in [-0.05, 0) is 84.0 Å². The van der Waals surface area contributed by atoms with Gasteiger partial charge in [-0.2, -0.15) is 0 Å². The molecule has 0 bridgehead atoms. The topological polar surface area (TPSA) is 54.4 Å². The van der Waals surface area contributed by atoms with Crippen LogP contribution in [0, 0.1) is 50.2 Å². The summed E-state index contributed by atoms with van der Waals surface area (Å²) in [5, 5.41) is 11.7. The van der Waals surface area contributed by atoms with E-state index in [9.17, 15) is 14.7 Å². The average molecular weight is 455 g/mol. The molecule has 0 amide bonds. The highest BCUT2D eigenvalue weighted by Crippen LogP contribution is 2.74. The van der Waals surface area contributed by atoms with Gasteiger partial charge in [0.1, 0.15) is 5.78 Å². The molecule has 0 saturated heterocycles. The van der Waals surface area contributed by atoms with Gasteiger partial charge in [-0.1, -0.05) is 61.0 Å². The van der Waals surface area contributed by atoms with Gasteiger partial charge in [-0.3, -0.25) is 9.59 Å². The number of fused-ring (bicyclic) bond motifs is 7. The van der Waals surface area contributed by atoms with E-state index in [0.717, 1.165) is 19.3 Å². The van der Waals surface area contributed by atoms with E-state index < -0.39 is 11.5 Å². The standard InChI is InChI=1S/C30H46O3/c1-25(2)11-12-27(5)13-14-29(7)18(19(27)16-25)15-20(31)24-28(6)10-9-22(33)26(3,4)23(28)21(32)17-30(24,29)8/h15,19,21,23-24,32H,9-14,16-17H2,1-8H3/t19-,21+,23-,24+,27+,28-,29+,30+/m0/s1. The second kappa shape index (κ2) is 6.62. The van der Waals surface area contributed by atoms with Crippen LogP contribution in [0.1, 0.15) is 107 Å². The molecule has 0 aliphatic heterocycles. The third kappa shape index (κ3) is 2.84. The normalized spacial score (nSPS) is 52.7. The van der Waals surface area contributed by atoms with E-state index in [4.69, 9.17) is 0 Å². The Morgan fingerprint density at radius 2 is 1.48 bits per heavy atom. The Hall–Kier alpha value is -0.960. The molecule has 0 aromatic heterocycles. The fourth-order valence-electron chi connectivity index (χ4n) is 10.3. The summed E-state index contributed by atoms with van der Waals surface area (Å²) in [5.74, 6) is 0.696. The van der Waals surface area contributed by atoms with E-state index in [1.165, 1.54) is 24.8 Å². The predicted molar refractivity (Wildman–Crippen MR) is 131 cm³/mol. The van der Waals surface area contributed by atoms with Gasteiger partial charge in [0.15, 0.2) is 5.78 Å². The minimum absolute atomic E-state index is 0.0796. The van der Waals surface area contributed by atoms with Crippen molar-refractivity contribution in [3.05, 3.63) is 11.6 Å². The van der Waals surface area contributed by atoms with Gasteiger partial charge in [0, 0.05) is 23.7 Å². The molecule has 3 heteroatoms. The molecule has 4 saturated carbocycles. The van der Waals surface area contributed by atoms with Crippen molar-refractivity contribution in [3.8, 4) is 0 Å². The second-order valence-corrected chi connectivity index (χ2v) is 15.2. The van der Waals surface area contributed by atoms with Crippen LogP contribution >= 0.6 is 0 Å². The zero-order chi connectivity index (χ0) is 24.4. The molecule has 4 fully saturated rings. The monoisotopic (exact) mass is 454 g/mol. The fraction of sp³-hybridized carbons (Fsp3) is 0.867. The Balaban J connectivity index is 1.66. The van der Waals surface area contributed by atoms with E-state index in [1.54, 1.807) is 0 Å². The van der Waals surface area contributed by atoms with Gasteiger partial charge in [0.05, 0.1) is 6.10 Å². The number of carbonyl (C=O) groups excluding carboxylic acids is 2. The number of aliphatic hydroxyl groups excluding tert-OH is 1. The fourth-order valence-corrected chi connectivity index (χ4v) is 10.3. The first kappa shape index (κ1) is 23.8. The van der Waals surface area contributed by atoms with Crippen LogP contribution < -0.4 is 0 Å². The molecule has 8 atom stereocenters. The molecule has 5 aliphatic carbocycles. The van der Waals surface area contributed by atoms with E-state index >= 15 is 0 Å². The van der Waals surface area contributed by atoms with Gasteiger partial charge in [-0.25, -0.2) is 0 Å². The highest BCUT2D eigenvalue weighted by atomic mass is 16.3. The van der Waals surface area contributed by atoms with E-state index in [0.29, 0.717) is 24.2 Å². The summed E-state index contributed by atoms with van der Waals surface area (Å²) in [6.07, 6.45) is 9.38. The first-order valence-corrected chi connectivity index (χ1v) is 13.5. The van der Waals surface area contributed by atoms with Crippen molar-refractivity contribution < 1.29 is 14.7 Å². The highest BCUT2D eigenvalue weighted by molar-refractivity contribution is 5.96. The SMILES string of the molecule is CC1(C)CC[C@]2(C)CC[C@]3(C)C(=CC(=O)[C@@H]4[C@@]5(C)CCC(=O)C(C)(C)[C@@H]5[C@H](O)C[C@]43C)[C@@H]2C1. The van der Waals surface area contributed by atoms with Crippen LogP contribution in [-0.4, -0.2) is 22.8 Å². The Morgan fingerprint density at radius 1 is 0.848 bits per heavy atom. The van der Waals surface area contributed by atoms with Crippen LogP contribution in [0.3, 0.4) is 0 Å². The Morgan fingerprint density at radius 3 is 2.15 bits per heavy atom. The summed E-state index contributed by atoms with van der Waals surface area (Å²) in [6.45, 7) is 18.3. The summed E-state index contributed by atoms with van der Waals surface area (Å²) < 4.78 is 0. The van der Waals surface area contributed by atoms with Crippen LogP contribution in [0.4, 0.5) is 0 Å². The van der Waals surface area contributed by atoms with Crippen molar-refractivity contribution in [2.24, 2.45) is 50.2 Å². The lowest BCUT2D eigenvalue weighted by molar-refractivity contribution is -0.215. The molecule has 0 aromatic rings. The molecule has 0 radical (unpaired) electrons. The number of carbonyl (C=O) groups is 2. The van der Waals surface area contributed by atoms with Crippen molar-refractivity contribution in [1.29, 1.82) is 0 Å². The summed E-state index contributed by atoms with van der Waals surface area (Å²) in [7, 11) is 0. The molecular formula is C30H46O3. The van der Waals surface area contributed by atoms with Crippen LogP contribution in [0.15, 0.2) is 11.6 Å². The van der Waals surface area contributed by atoms with Gasteiger partial charge in [0.25, 0.3) is 0 Å². The smallest absolute Gasteiger partial charge is 0.159 e. The maximum absolute atomic E-state index is 14.2. The molecule has 5 aliphatic rings. The van der Waals surface area contributed by atoms with E-state index in [-0.39, 0.29) is 45.1 Å². The summed E-state index contributed by atoms with van der Waals surface area (Å²) >= 11 is 0. The second-order valence-electron chi connectivity index (χ2n) is 15.2. The van der Waals surface area contributed by atoms with Gasteiger partial charge in [-0.15, -0.1) is 0 Å². The van der Waals surface area contributed by atoms with E-state index in [2.05, 4.69) is 47.6 Å². The van der Waals surface area contributed by atoms with Crippen LogP contribution in [0.2, 0.25) is 0 Å². The Kier molecular flexibility index (Phi) is 4.77. The zero-order valence-corrected chi connectivity index (χ0v) is 22.3. The lowest BCUT2D eigenvalue weighted by atomic mass is 9.33. The number of Topliss-reactive ketones (excluding diaryl/α,β-unsaturated/α-hetero) is 1. The molecule has 0 spiro atoms. The Bertz CT molecular complexity index is 942. The number of aliphatic hydroxyl groups is 1. The molecule has 0 unspecified atom stereocenters. The van der Waals surface area contributed by atoms with Crippen molar-refractivity contribution in [3.63, 3.8) is 0 Å². The molecule has 5 rings (SSSR count). The number of ketones is 2. The van der Waals surface area contributed by atoms with Gasteiger partial charge >= 0.3 is 0 Å². The van der Waals surface area contributed by atoms with Crippen LogP contribution in [0.25, 0.3) is 0 Å². The molecule has 3 nitrogen and oxygen atoms in total. The quantitative estimate of drug-likeness (QED) is 0.453. The minimum atomic E-state index is -0.586. The molecule has 33 heavy (non-hydrogen) atoms. The van der Waals surface area contributed by atoms with E-state index in [1.807, 2.05) is 13.8 Å². The number of hydrogen-bond acceptors (Lipinski definition) is 3. The Labute approximate surface area is 201 Å². The summed E-state index contributed by atoms with van der Waals surface area (Å²) in [5.41, 5.74) is 0.690. The number of hydrogen-bond donors (Lipinski definition) is 1. The summed E-state index contributed by atoms with van der Waals surface area (Å²) in [6, 6.07) is 0. The lowest BCUT2D eigenvalue weighted by Crippen LogP contribution is -2.69. The number of allylic oxidation sites excluding steroid dienone is 2. The molecule has 1 N–H and O–H groups in total. The maximum atomic E-state index is 14.2. The molecular weight excluding hydrogens is 408 g/mol. The van der Waals surface area contributed by atoms with Crippen LogP contribution in [0.5, 0.6) is 0 Å². The summed E-state index contributed by atoms with van der Waals surface area (Å²) in [4.78, 5) is 27.1. The average Bonchev–Trinajstić information content (AvgIpc) is 2.67. The molecule has 184 valence electrons. The van der Waals surface area contributed by atoms with Crippen molar-refractivity contribution >= 4 is 11.6 Å². The minimum Gasteiger partial charge on any atom is -0.393 e. The zero-order valence-electron chi connectivity index (χ0n) is 22.3. The maximum Gasteiger partial charge on any atom is 0.159 e. The van der Waals surface area contributed by atoms with Crippen molar-refractivity contribution in [1.82, 2.24) is 0 Å². The van der Waals surface area contributed by atoms with Crippen molar-refractivity contribution in [2.75, 3.05) is 0 Å². The first-order valence-electron chi connectivity index (χ1n) is 13.5. The highest BCUT2D eigenvalue weighted by Gasteiger charge is 2.71. The van der Waals surface area contributed by atoms with Gasteiger partial charge < -0.3 is 5.11 Å². The van der Waals surface area contributed by atoms with Crippen molar-refractivity contribution in [2.45, 2.75) is 113 Å².